The Morgan fingerprint density at radius 3 is 2.23 bits per heavy atom. The first-order chi connectivity index (χ1) is 17.0. The van der Waals surface area contributed by atoms with Crippen molar-refractivity contribution in [2.24, 2.45) is 0 Å². The van der Waals surface area contributed by atoms with Gasteiger partial charge in [0.25, 0.3) is 0 Å². The zero-order chi connectivity index (χ0) is 25.0. The molecule has 184 valence electrons. The first-order valence-corrected chi connectivity index (χ1v) is 13.1. The second kappa shape index (κ2) is 13.7. The molecule has 6 heteroatoms. The van der Waals surface area contributed by atoms with Crippen LogP contribution in [-0.4, -0.2) is 35.1 Å². The lowest BCUT2D eigenvalue weighted by molar-refractivity contribution is -0.139. The highest BCUT2D eigenvalue weighted by molar-refractivity contribution is 7.99. The quantitative estimate of drug-likeness (QED) is 0.362. The third-order valence-electron chi connectivity index (χ3n) is 5.70. The van der Waals surface area contributed by atoms with Gasteiger partial charge in [-0.1, -0.05) is 79.2 Å². The minimum atomic E-state index is -0.621. The number of carbonyl (C=O) groups excluding carboxylic acids is 2. The van der Waals surface area contributed by atoms with Gasteiger partial charge in [0.1, 0.15) is 11.9 Å². The number of aryl methyl sites for hydroxylation is 1. The van der Waals surface area contributed by atoms with Crippen LogP contribution in [0.1, 0.15) is 35.6 Å². The maximum atomic E-state index is 13.5. The molecule has 1 atom stereocenters. The summed E-state index contributed by atoms with van der Waals surface area (Å²) in [6.45, 7) is 4.95. The number of amides is 2. The lowest BCUT2D eigenvalue weighted by Gasteiger charge is -2.31. The molecule has 0 radical (unpaired) electrons. The number of hydrogen-bond donors (Lipinski definition) is 1. The van der Waals surface area contributed by atoms with E-state index in [0.717, 1.165) is 28.7 Å². The Morgan fingerprint density at radius 1 is 0.914 bits per heavy atom. The van der Waals surface area contributed by atoms with Crippen molar-refractivity contribution in [3.63, 3.8) is 0 Å². The van der Waals surface area contributed by atoms with Crippen molar-refractivity contribution in [3.8, 4) is 0 Å². The summed E-state index contributed by atoms with van der Waals surface area (Å²) in [5.74, 6) is 0.316. The van der Waals surface area contributed by atoms with E-state index in [1.54, 1.807) is 17.0 Å². The van der Waals surface area contributed by atoms with Gasteiger partial charge in [0.2, 0.25) is 11.8 Å². The molecule has 0 saturated heterocycles. The number of halogens is 1. The Balaban J connectivity index is 1.81. The van der Waals surface area contributed by atoms with E-state index >= 15 is 0 Å². The van der Waals surface area contributed by atoms with Gasteiger partial charge in [-0.25, -0.2) is 4.39 Å². The van der Waals surface area contributed by atoms with Crippen LogP contribution in [0.4, 0.5) is 4.39 Å². The average Bonchev–Trinajstić information content (AvgIpc) is 2.87. The normalized spacial score (nSPS) is 11.6. The summed E-state index contributed by atoms with van der Waals surface area (Å²) in [6.07, 6.45) is 1.26. The lowest BCUT2D eigenvalue weighted by atomic mass is 10.0. The smallest absolute Gasteiger partial charge is 0.243 e. The maximum Gasteiger partial charge on any atom is 0.243 e. The predicted molar refractivity (Wildman–Crippen MR) is 142 cm³/mol. The zero-order valence-corrected chi connectivity index (χ0v) is 21.2. The Hall–Kier alpha value is -3.12. The largest absolute Gasteiger partial charge is 0.354 e. The summed E-state index contributed by atoms with van der Waals surface area (Å²) in [4.78, 5) is 28.5. The number of benzene rings is 3. The average molecular weight is 493 g/mol. The van der Waals surface area contributed by atoms with Gasteiger partial charge in [0.05, 0.1) is 5.75 Å². The fourth-order valence-corrected chi connectivity index (χ4v) is 4.60. The Bertz CT molecular complexity index is 1070. The van der Waals surface area contributed by atoms with Gasteiger partial charge in [-0.2, -0.15) is 0 Å². The monoisotopic (exact) mass is 492 g/mol. The molecule has 35 heavy (non-hydrogen) atoms. The number of carbonyl (C=O) groups is 2. The molecule has 4 nitrogen and oxygen atoms in total. The second-order valence-corrected chi connectivity index (χ2v) is 9.61. The van der Waals surface area contributed by atoms with Crippen LogP contribution in [0.3, 0.4) is 0 Å². The number of nitrogens with zero attached hydrogens (tertiary/aromatic N) is 1. The molecular weight excluding hydrogens is 459 g/mol. The van der Waals surface area contributed by atoms with Crippen LogP contribution in [0.2, 0.25) is 0 Å². The van der Waals surface area contributed by atoms with Crippen LogP contribution in [0.25, 0.3) is 0 Å². The molecule has 1 N–H and O–H groups in total. The van der Waals surface area contributed by atoms with Crippen molar-refractivity contribution >= 4 is 23.6 Å². The fraction of sp³-hybridized carbons (Fsp3) is 0.310. The van der Waals surface area contributed by atoms with Crippen molar-refractivity contribution in [1.82, 2.24) is 10.2 Å². The second-order valence-electron chi connectivity index (χ2n) is 8.62. The molecule has 0 unspecified atom stereocenters. The van der Waals surface area contributed by atoms with Crippen molar-refractivity contribution in [3.05, 3.63) is 107 Å². The van der Waals surface area contributed by atoms with Gasteiger partial charge >= 0.3 is 0 Å². The number of thioether (sulfide) groups is 1. The van der Waals surface area contributed by atoms with Gasteiger partial charge in [0.15, 0.2) is 0 Å². The van der Waals surface area contributed by atoms with Crippen molar-refractivity contribution in [2.45, 2.75) is 45.0 Å². The van der Waals surface area contributed by atoms with E-state index in [9.17, 15) is 14.0 Å². The topological polar surface area (TPSA) is 49.4 Å². The van der Waals surface area contributed by atoms with Crippen LogP contribution in [0.15, 0.2) is 78.9 Å². The molecule has 0 bridgehead atoms. The van der Waals surface area contributed by atoms with Crippen LogP contribution in [-0.2, 0) is 28.3 Å². The van der Waals surface area contributed by atoms with Crippen molar-refractivity contribution < 1.29 is 14.0 Å². The molecule has 3 rings (SSSR count). The highest BCUT2D eigenvalue weighted by Gasteiger charge is 2.30. The molecular formula is C29H33FN2O2S. The van der Waals surface area contributed by atoms with E-state index in [1.165, 1.54) is 23.9 Å². The molecule has 0 spiro atoms. The standard InChI is InChI=1S/C29H33FN2O2S/c1-3-17-31-29(34)27(18-23-7-5-4-6-8-23)32(19-24-11-9-22(2)10-12-24)28(33)21-35-20-25-13-15-26(30)16-14-25/h4-16,27H,3,17-21H2,1-2H3,(H,31,34)/t27-/m1/s1. The minimum absolute atomic E-state index is 0.0923. The third-order valence-corrected chi connectivity index (χ3v) is 6.69. The molecule has 0 aromatic heterocycles. The molecule has 0 aliphatic heterocycles. The van der Waals surface area contributed by atoms with Gasteiger partial charge in [-0.15, -0.1) is 11.8 Å². The van der Waals surface area contributed by atoms with E-state index < -0.39 is 6.04 Å². The van der Waals surface area contributed by atoms with Crippen molar-refractivity contribution in [1.29, 1.82) is 0 Å². The van der Waals surface area contributed by atoms with Crippen LogP contribution in [0, 0.1) is 12.7 Å². The summed E-state index contributed by atoms with van der Waals surface area (Å²) in [6, 6.07) is 23.5. The molecule has 0 heterocycles. The molecule has 2 amide bonds. The fourth-order valence-electron chi connectivity index (χ4n) is 3.73. The molecule has 3 aromatic rings. The molecule has 0 saturated carbocycles. The van der Waals surface area contributed by atoms with Gasteiger partial charge in [-0.05, 0) is 42.2 Å². The lowest BCUT2D eigenvalue weighted by Crippen LogP contribution is -2.51. The molecule has 0 aliphatic carbocycles. The number of rotatable bonds is 12. The number of nitrogens with one attached hydrogen (secondary N) is 1. The van der Waals surface area contributed by atoms with E-state index in [4.69, 9.17) is 0 Å². The van der Waals surface area contributed by atoms with E-state index in [-0.39, 0.29) is 23.4 Å². The van der Waals surface area contributed by atoms with E-state index in [1.807, 2.05) is 68.4 Å². The molecule has 0 fully saturated rings. The van der Waals surface area contributed by atoms with Crippen LogP contribution in [0.5, 0.6) is 0 Å². The predicted octanol–water partition coefficient (Wildman–Crippen LogP) is 5.53. The number of hydrogen-bond acceptors (Lipinski definition) is 3. The Labute approximate surface area is 211 Å². The maximum absolute atomic E-state index is 13.5. The first kappa shape index (κ1) is 26.5. The van der Waals surface area contributed by atoms with Gasteiger partial charge < -0.3 is 10.2 Å². The van der Waals surface area contributed by atoms with Gasteiger partial charge in [-0.3, -0.25) is 9.59 Å². The summed E-state index contributed by atoms with van der Waals surface area (Å²) in [7, 11) is 0. The molecule has 0 aliphatic rings. The summed E-state index contributed by atoms with van der Waals surface area (Å²) in [5.41, 5.74) is 4.08. The Kier molecular flexibility index (Phi) is 10.4. The first-order valence-electron chi connectivity index (χ1n) is 11.9. The highest BCUT2D eigenvalue weighted by Crippen LogP contribution is 2.19. The van der Waals surface area contributed by atoms with E-state index in [0.29, 0.717) is 25.3 Å². The summed E-state index contributed by atoms with van der Waals surface area (Å²) in [5, 5.41) is 3.00. The minimum Gasteiger partial charge on any atom is -0.354 e. The van der Waals surface area contributed by atoms with Gasteiger partial charge in [0, 0.05) is 25.3 Å². The van der Waals surface area contributed by atoms with E-state index in [2.05, 4.69) is 5.32 Å². The third kappa shape index (κ3) is 8.55. The van der Waals surface area contributed by atoms with Crippen LogP contribution < -0.4 is 5.32 Å². The summed E-state index contributed by atoms with van der Waals surface area (Å²) < 4.78 is 13.2. The zero-order valence-electron chi connectivity index (χ0n) is 20.4. The Morgan fingerprint density at radius 2 is 1.57 bits per heavy atom. The van der Waals surface area contributed by atoms with Crippen molar-refractivity contribution in [2.75, 3.05) is 12.3 Å². The summed E-state index contributed by atoms with van der Waals surface area (Å²) >= 11 is 1.47. The SMILES string of the molecule is CCCNC(=O)[C@@H](Cc1ccccc1)N(Cc1ccc(C)cc1)C(=O)CSCc1ccc(F)cc1. The van der Waals surface area contributed by atoms with Crippen LogP contribution >= 0.6 is 11.8 Å². The highest BCUT2D eigenvalue weighted by atomic mass is 32.2. The molecule has 3 aromatic carbocycles.